The minimum atomic E-state index is -0.556. The number of H-pyrrole nitrogens is 1. The maximum atomic E-state index is 12.4. The number of nitrogens with two attached hydrogens (primary N) is 1. The van der Waals surface area contributed by atoms with Crippen molar-refractivity contribution in [2.45, 2.75) is 45.8 Å². The van der Waals surface area contributed by atoms with Gasteiger partial charge in [0, 0.05) is 37.3 Å². The van der Waals surface area contributed by atoms with Crippen molar-refractivity contribution in [3.8, 4) is 0 Å². The molecule has 0 aliphatic carbocycles. The predicted octanol–water partition coefficient (Wildman–Crippen LogP) is 1.07. The molecule has 1 aromatic carbocycles. The second kappa shape index (κ2) is 15.3. The fourth-order valence-corrected chi connectivity index (χ4v) is 3.53. The highest BCUT2D eigenvalue weighted by molar-refractivity contribution is 5.94. The molecule has 3 amide bonds. The molecule has 15 nitrogen and oxygen atoms in total. The topological polar surface area (TPSA) is 215 Å². The molecule has 0 aliphatic heterocycles. The van der Waals surface area contributed by atoms with E-state index in [-0.39, 0.29) is 35.3 Å². The zero-order chi connectivity index (χ0) is 30.5. The highest BCUT2D eigenvalue weighted by Crippen LogP contribution is 2.12. The van der Waals surface area contributed by atoms with Crippen LogP contribution in [0.2, 0.25) is 0 Å². The van der Waals surface area contributed by atoms with Gasteiger partial charge in [-0.1, -0.05) is 0 Å². The minimum Gasteiger partial charge on any atom is -0.444 e. The summed E-state index contributed by atoms with van der Waals surface area (Å²) in [7, 11) is 0. The monoisotopic (exact) mass is 583 g/mol. The van der Waals surface area contributed by atoms with Crippen LogP contribution in [0.3, 0.4) is 0 Å². The van der Waals surface area contributed by atoms with Crippen LogP contribution in [-0.4, -0.2) is 76.3 Å². The maximum absolute atomic E-state index is 12.4. The third kappa shape index (κ3) is 11.0. The summed E-state index contributed by atoms with van der Waals surface area (Å²) in [6.07, 6.45) is 1.74. The number of nitrogen functional groups attached to an aromatic ring is 1. The lowest BCUT2D eigenvalue weighted by Crippen LogP contribution is -2.34. The first kappa shape index (κ1) is 31.7. The molecule has 226 valence electrons. The molecule has 0 saturated carbocycles. The van der Waals surface area contributed by atoms with Gasteiger partial charge in [-0.15, -0.1) is 0 Å². The van der Waals surface area contributed by atoms with Crippen LogP contribution < -0.4 is 32.6 Å². The molecular formula is C27H37N9O6. The third-order valence-corrected chi connectivity index (χ3v) is 5.46. The summed E-state index contributed by atoms with van der Waals surface area (Å²) in [5, 5.41) is 11.3. The van der Waals surface area contributed by atoms with Crippen molar-refractivity contribution in [2.75, 3.05) is 43.9 Å². The Hall–Kier alpha value is -4.79. The van der Waals surface area contributed by atoms with E-state index in [0.29, 0.717) is 57.1 Å². The Bertz CT molecular complexity index is 1420. The van der Waals surface area contributed by atoms with E-state index in [1.54, 1.807) is 45.0 Å². The van der Waals surface area contributed by atoms with E-state index in [0.717, 1.165) is 5.69 Å². The Balaban J connectivity index is 1.26. The largest absolute Gasteiger partial charge is 0.444 e. The summed E-state index contributed by atoms with van der Waals surface area (Å²) in [5.41, 5.74) is 6.53. The number of hydrogen-bond acceptors (Lipinski definition) is 11. The predicted molar refractivity (Wildman–Crippen MR) is 156 cm³/mol. The lowest BCUT2D eigenvalue weighted by molar-refractivity contribution is -0.121. The SMILES string of the molecule is CC(C)(C)OC(=O)NCCOCCNC(=O)CCCNC(=O)c1ccc(NCc2cnc3nc(N)[nH]c(=O)c3n2)cc1. The Morgan fingerprint density at radius 2 is 1.69 bits per heavy atom. The molecule has 7 N–H and O–H groups in total. The number of anilines is 2. The van der Waals surface area contributed by atoms with Gasteiger partial charge < -0.3 is 36.5 Å². The summed E-state index contributed by atoms with van der Waals surface area (Å²) in [6, 6.07) is 6.86. The number of nitrogens with one attached hydrogen (secondary N) is 5. The van der Waals surface area contributed by atoms with Gasteiger partial charge in [-0.05, 0) is 51.5 Å². The molecule has 0 fully saturated rings. The fraction of sp³-hybridized carbons (Fsp3) is 0.444. The van der Waals surface area contributed by atoms with Crippen LogP contribution in [-0.2, 0) is 20.8 Å². The molecule has 42 heavy (non-hydrogen) atoms. The normalized spacial score (nSPS) is 11.1. The fourth-order valence-electron chi connectivity index (χ4n) is 3.53. The number of hydrogen-bond donors (Lipinski definition) is 6. The zero-order valence-electron chi connectivity index (χ0n) is 23.9. The van der Waals surface area contributed by atoms with Crippen LogP contribution in [0.1, 0.15) is 49.7 Å². The third-order valence-electron chi connectivity index (χ3n) is 5.46. The van der Waals surface area contributed by atoms with Crippen molar-refractivity contribution in [1.29, 1.82) is 0 Å². The number of carbonyl (C=O) groups excluding carboxylic acids is 3. The van der Waals surface area contributed by atoms with Crippen LogP contribution in [0, 0.1) is 0 Å². The summed E-state index contributed by atoms with van der Waals surface area (Å²) in [5.74, 6) is -0.415. The van der Waals surface area contributed by atoms with Gasteiger partial charge in [-0.2, -0.15) is 4.98 Å². The van der Waals surface area contributed by atoms with Gasteiger partial charge in [0.15, 0.2) is 11.2 Å². The Kier molecular flexibility index (Phi) is 11.5. The summed E-state index contributed by atoms with van der Waals surface area (Å²) < 4.78 is 10.5. The van der Waals surface area contributed by atoms with E-state index in [1.807, 2.05) is 0 Å². The molecule has 0 saturated heterocycles. The van der Waals surface area contributed by atoms with Crippen molar-refractivity contribution < 1.29 is 23.9 Å². The molecule has 0 atom stereocenters. The van der Waals surface area contributed by atoms with E-state index >= 15 is 0 Å². The maximum Gasteiger partial charge on any atom is 0.407 e. The van der Waals surface area contributed by atoms with Crippen molar-refractivity contribution in [3.63, 3.8) is 0 Å². The zero-order valence-corrected chi connectivity index (χ0v) is 23.9. The van der Waals surface area contributed by atoms with Crippen molar-refractivity contribution >= 4 is 40.7 Å². The van der Waals surface area contributed by atoms with Crippen molar-refractivity contribution in [3.05, 3.63) is 52.1 Å². The van der Waals surface area contributed by atoms with Crippen LogP contribution in [0.15, 0.2) is 35.3 Å². The number of ether oxygens (including phenoxy) is 2. The number of nitrogens with zero attached hydrogens (tertiary/aromatic N) is 3. The van der Waals surface area contributed by atoms with Gasteiger partial charge in [0.1, 0.15) is 5.60 Å². The molecule has 0 unspecified atom stereocenters. The average molecular weight is 584 g/mol. The molecular weight excluding hydrogens is 546 g/mol. The first-order valence-corrected chi connectivity index (χ1v) is 13.4. The highest BCUT2D eigenvalue weighted by Gasteiger charge is 2.15. The minimum absolute atomic E-state index is 0.0242. The van der Waals surface area contributed by atoms with E-state index in [2.05, 4.69) is 41.2 Å². The molecule has 0 spiro atoms. The Labute approximate surface area is 242 Å². The van der Waals surface area contributed by atoms with Crippen LogP contribution >= 0.6 is 0 Å². The molecule has 0 radical (unpaired) electrons. The van der Waals surface area contributed by atoms with Crippen LogP contribution in [0.5, 0.6) is 0 Å². The number of amides is 3. The van der Waals surface area contributed by atoms with E-state index in [1.165, 1.54) is 6.20 Å². The standard InChI is InChI=1S/C27H37N9O6/c1-27(2,3)42-26(40)31-12-14-41-13-11-29-20(37)5-4-10-30-23(38)17-6-8-18(9-7-17)32-15-19-16-33-22-21(34-19)24(39)36-25(28)35-22/h6-9,16,32H,4-5,10-15H2,1-3H3,(H,29,37)(H,30,38)(H,31,40)(H3,28,33,35,36,39). The number of aromatic amines is 1. The van der Waals surface area contributed by atoms with Gasteiger partial charge >= 0.3 is 6.09 Å². The number of aromatic nitrogens is 4. The van der Waals surface area contributed by atoms with Crippen LogP contribution in [0.4, 0.5) is 16.4 Å². The quantitative estimate of drug-likeness (QED) is 0.148. The average Bonchev–Trinajstić information content (AvgIpc) is 2.93. The second-order valence-electron chi connectivity index (χ2n) is 10.2. The summed E-state index contributed by atoms with van der Waals surface area (Å²) in [6.45, 7) is 7.26. The Morgan fingerprint density at radius 1 is 0.976 bits per heavy atom. The molecule has 2 aromatic heterocycles. The number of fused-ring (bicyclic) bond motifs is 1. The first-order valence-electron chi connectivity index (χ1n) is 13.4. The van der Waals surface area contributed by atoms with Gasteiger partial charge in [0.25, 0.3) is 11.5 Å². The highest BCUT2D eigenvalue weighted by atomic mass is 16.6. The number of carbonyl (C=O) groups is 3. The van der Waals surface area contributed by atoms with Gasteiger partial charge in [0.2, 0.25) is 11.9 Å². The summed E-state index contributed by atoms with van der Waals surface area (Å²) in [4.78, 5) is 62.7. The molecule has 2 heterocycles. The Morgan fingerprint density at radius 3 is 2.40 bits per heavy atom. The molecule has 0 bridgehead atoms. The molecule has 3 rings (SSSR count). The second-order valence-corrected chi connectivity index (χ2v) is 10.2. The number of alkyl carbamates (subject to hydrolysis) is 1. The van der Waals surface area contributed by atoms with Gasteiger partial charge in [0.05, 0.1) is 31.6 Å². The lowest BCUT2D eigenvalue weighted by Gasteiger charge is -2.19. The van der Waals surface area contributed by atoms with E-state index in [9.17, 15) is 19.2 Å². The molecule has 0 aliphatic rings. The van der Waals surface area contributed by atoms with E-state index < -0.39 is 17.3 Å². The molecule has 15 heteroatoms. The first-order chi connectivity index (χ1) is 20.0. The summed E-state index contributed by atoms with van der Waals surface area (Å²) >= 11 is 0. The smallest absolute Gasteiger partial charge is 0.407 e. The van der Waals surface area contributed by atoms with Crippen molar-refractivity contribution in [2.24, 2.45) is 0 Å². The number of rotatable bonds is 14. The van der Waals surface area contributed by atoms with Gasteiger partial charge in [-0.3, -0.25) is 19.4 Å². The van der Waals surface area contributed by atoms with E-state index in [4.69, 9.17) is 15.2 Å². The number of benzene rings is 1. The van der Waals surface area contributed by atoms with Gasteiger partial charge in [-0.25, -0.2) is 14.8 Å². The van der Waals surface area contributed by atoms with Crippen LogP contribution in [0.25, 0.3) is 11.2 Å². The molecule has 3 aromatic rings. The van der Waals surface area contributed by atoms with Crippen molar-refractivity contribution in [1.82, 2.24) is 35.9 Å². The lowest BCUT2D eigenvalue weighted by atomic mass is 10.2.